The Labute approximate surface area is 205 Å². The molecule has 5 rings (SSSR count). The normalized spacial score (nSPS) is 11.1. The highest BCUT2D eigenvalue weighted by atomic mass is 79.9. The van der Waals surface area contributed by atoms with E-state index >= 15 is 0 Å². The van der Waals surface area contributed by atoms with Crippen molar-refractivity contribution < 1.29 is 4.79 Å². The van der Waals surface area contributed by atoms with Crippen molar-refractivity contribution in [2.24, 2.45) is 0 Å². The van der Waals surface area contributed by atoms with Crippen molar-refractivity contribution in [2.45, 2.75) is 20.8 Å². The minimum atomic E-state index is -0.211. The molecule has 0 bridgehead atoms. The van der Waals surface area contributed by atoms with Crippen LogP contribution in [-0.2, 0) is 0 Å². The summed E-state index contributed by atoms with van der Waals surface area (Å²) in [5.74, 6) is 0.428. The van der Waals surface area contributed by atoms with Crippen LogP contribution in [0, 0.1) is 20.8 Å². The third kappa shape index (κ3) is 4.22. The van der Waals surface area contributed by atoms with Gasteiger partial charge in [0.2, 0.25) is 0 Å². The summed E-state index contributed by atoms with van der Waals surface area (Å²) in [5, 5.41) is 8.46. The molecule has 2 aromatic carbocycles. The third-order valence-electron chi connectivity index (χ3n) is 5.52. The molecule has 0 radical (unpaired) electrons. The zero-order chi connectivity index (χ0) is 23.8. The highest BCUT2D eigenvalue weighted by molar-refractivity contribution is 9.10. The molecule has 0 spiro atoms. The standard InChI is InChI=1S/C27H22BrN5O/c1-16-11-17(2)13-21(12-16)30-27(34)22-15-23(19-7-6-8-20(28)14-19)31-26-25(22)18(3)32-33(26)24-9-4-5-10-29-24/h4-15H,1-3H3,(H,30,34). The molecule has 1 N–H and O–H groups in total. The average molecular weight is 512 g/mol. The number of amides is 1. The molecule has 3 aromatic heterocycles. The van der Waals surface area contributed by atoms with Crippen molar-refractivity contribution in [2.75, 3.05) is 5.32 Å². The first kappa shape index (κ1) is 22.0. The fourth-order valence-electron chi connectivity index (χ4n) is 4.15. The quantitative estimate of drug-likeness (QED) is 0.302. The molecule has 0 aliphatic carbocycles. The number of pyridine rings is 2. The van der Waals surface area contributed by atoms with Crippen LogP contribution in [0.3, 0.4) is 0 Å². The van der Waals surface area contributed by atoms with E-state index in [1.54, 1.807) is 10.9 Å². The van der Waals surface area contributed by atoms with E-state index in [1.165, 1.54) is 0 Å². The second kappa shape index (κ2) is 8.83. The SMILES string of the molecule is Cc1cc(C)cc(NC(=O)c2cc(-c3cccc(Br)c3)nc3c2c(C)nn3-c2ccccn2)c1. The number of rotatable bonds is 4. The van der Waals surface area contributed by atoms with Crippen molar-refractivity contribution in [3.63, 3.8) is 0 Å². The molecule has 3 heterocycles. The van der Waals surface area contributed by atoms with E-state index in [4.69, 9.17) is 10.1 Å². The zero-order valence-electron chi connectivity index (χ0n) is 19.0. The van der Waals surface area contributed by atoms with Gasteiger partial charge in [-0.05, 0) is 74.4 Å². The number of hydrogen-bond acceptors (Lipinski definition) is 4. The molecule has 0 atom stereocenters. The van der Waals surface area contributed by atoms with Gasteiger partial charge in [0.1, 0.15) is 0 Å². The number of fused-ring (bicyclic) bond motifs is 1. The van der Waals surface area contributed by atoms with Crippen LogP contribution in [0.5, 0.6) is 0 Å². The third-order valence-corrected chi connectivity index (χ3v) is 6.02. The maximum Gasteiger partial charge on any atom is 0.256 e. The zero-order valence-corrected chi connectivity index (χ0v) is 20.6. The van der Waals surface area contributed by atoms with Crippen molar-refractivity contribution in [3.05, 3.63) is 99.8 Å². The van der Waals surface area contributed by atoms with Crippen LogP contribution in [0.4, 0.5) is 5.69 Å². The van der Waals surface area contributed by atoms with Gasteiger partial charge < -0.3 is 5.32 Å². The molecule has 168 valence electrons. The summed E-state index contributed by atoms with van der Waals surface area (Å²) in [6.07, 6.45) is 1.71. The molecule has 6 nitrogen and oxygen atoms in total. The largest absolute Gasteiger partial charge is 0.322 e. The van der Waals surface area contributed by atoms with Crippen molar-refractivity contribution in [3.8, 4) is 17.1 Å². The Morgan fingerprint density at radius 3 is 2.44 bits per heavy atom. The number of benzene rings is 2. The van der Waals surface area contributed by atoms with E-state index in [9.17, 15) is 4.79 Å². The first-order valence-electron chi connectivity index (χ1n) is 10.9. The van der Waals surface area contributed by atoms with Gasteiger partial charge in [-0.2, -0.15) is 9.78 Å². The molecule has 0 unspecified atom stereocenters. The lowest BCUT2D eigenvalue weighted by atomic mass is 10.0. The summed E-state index contributed by atoms with van der Waals surface area (Å²) in [4.78, 5) is 23.0. The number of carbonyl (C=O) groups is 1. The Balaban J connectivity index is 1.72. The van der Waals surface area contributed by atoms with E-state index in [1.807, 2.05) is 81.4 Å². The van der Waals surface area contributed by atoms with E-state index < -0.39 is 0 Å². The van der Waals surface area contributed by atoms with Gasteiger partial charge >= 0.3 is 0 Å². The van der Waals surface area contributed by atoms with Crippen LogP contribution in [-0.4, -0.2) is 25.7 Å². The highest BCUT2D eigenvalue weighted by Gasteiger charge is 2.21. The topological polar surface area (TPSA) is 72.7 Å². The van der Waals surface area contributed by atoms with Gasteiger partial charge in [-0.3, -0.25) is 4.79 Å². The summed E-state index contributed by atoms with van der Waals surface area (Å²) in [7, 11) is 0. The smallest absolute Gasteiger partial charge is 0.256 e. The van der Waals surface area contributed by atoms with Gasteiger partial charge in [-0.1, -0.05) is 40.2 Å². The Bertz CT molecular complexity index is 1520. The molecule has 1 amide bonds. The molecular formula is C27H22BrN5O. The molecule has 0 saturated heterocycles. The maximum atomic E-state index is 13.6. The van der Waals surface area contributed by atoms with Crippen LogP contribution < -0.4 is 5.32 Å². The van der Waals surface area contributed by atoms with Gasteiger partial charge in [-0.25, -0.2) is 9.97 Å². The summed E-state index contributed by atoms with van der Waals surface area (Å²) < 4.78 is 2.63. The van der Waals surface area contributed by atoms with Crippen LogP contribution in [0.15, 0.2) is 77.4 Å². The number of carbonyl (C=O) groups excluding carboxylic acids is 1. The second-order valence-corrected chi connectivity index (χ2v) is 9.20. The van der Waals surface area contributed by atoms with Gasteiger partial charge in [0.25, 0.3) is 5.91 Å². The summed E-state index contributed by atoms with van der Waals surface area (Å²) in [5.41, 5.74) is 6.30. The first-order chi connectivity index (χ1) is 16.4. The number of hydrogen-bond donors (Lipinski definition) is 1. The molecular weight excluding hydrogens is 490 g/mol. The Morgan fingerprint density at radius 2 is 1.74 bits per heavy atom. The van der Waals surface area contributed by atoms with Crippen LogP contribution in [0.25, 0.3) is 28.1 Å². The number of nitrogens with one attached hydrogen (secondary N) is 1. The lowest BCUT2D eigenvalue weighted by molar-refractivity contribution is 0.102. The van der Waals surface area contributed by atoms with Crippen LogP contribution in [0.1, 0.15) is 27.2 Å². The lowest BCUT2D eigenvalue weighted by Gasteiger charge is -2.11. The predicted octanol–water partition coefficient (Wildman–Crippen LogP) is 6.42. The molecule has 0 aliphatic heterocycles. The van der Waals surface area contributed by atoms with Gasteiger partial charge in [0, 0.05) is 21.9 Å². The summed E-state index contributed by atoms with van der Waals surface area (Å²) >= 11 is 3.54. The van der Waals surface area contributed by atoms with Crippen molar-refractivity contribution >= 4 is 38.6 Å². The number of anilines is 1. The van der Waals surface area contributed by atoms with Gasteiger partial charge in [-0.15, -0.1) is 0 Å². The van der Waals surface area contributed by atoms with E-state index in [0.29, 0.717) is 33.8 Å². The van der Waals surface area contributed by atoms with Crippen LogP contribution >= 0.6 is 15.9 Å². The van der Waals surface area contributed by atoms with Gasteiger partial charge in [0.05, 0.1) is 22.3 Å². The number of halogens is 1. The average Bonchev–Trinajstić information content (AvgIpc) is 3.15. The fraction of sp³-hybridized carbons (Fsp3) is 0.111. The summed E-state index contributed by atoms with van der Waals surface area (Å²) in [6.45, 7) is 5.91. The highest BCUT2D eigenvalue weighted by Crippen LogP contribution is 2.30. The minimum absolute atomic E-state index is 0.211. The molecule has 0 saturated carbocycles. The van der Waals surface area contributed by atoms with E-state index in [-0.39, 0.29) is 5.91 Å². The molecule has 0 aliphatic rings. The first-order valence-corrected chi connectivity index (χ1v) is 11.7. The van der Waals surface area contributed by atoms with Crippen molar-refractivity contribution in [1.29, 1.82) is 0 Å². The summed E-state index contributed by atoms with van der Waals surface area (Å²) in [6, 6.07) is 21.3. The molecule has 5 aromatic rings. The fourth-order valence-corrected chi connectivity index (χ4v) is 4.55. The Hall–Kier alpha value is -3.84. The van der Waals surface area contributed by atoms with Crippen LogP contribution in [0.2, 0.25) is 0 Å². The van der Waals surface area contributed by atoms with E-state index in [0.717, 1.165) is 26.9 Å². The second-order valence-electron chi connectivity index (χ2n) is 8.28. The molecule has 7 heteroatoms. The van der Waals surface area contributed by atoms with E-state index in [2.05, 4.69) is 32.3 Å². The predicted molar refractivity (Wildman–Crippen MR) is 138 cm³/mol. The molecule has 34 heavy (non-hydrogen) atoms. The molecule has 0 fully saturated rings. The lowest BCUT2D eigenvalue weighted by Crippen LogP contribution is -2.13. The number of aryl methyl sites for hydroxylation is 3. The number of aromatic nitrogens is 4. The Kier molecular flexibility index (Phi) is 5.71. The van der Waals surface area contributed by atoms with Gasteiger partial charge in [0.15, 0.2) is 11.5 Å². The number of nitrogens with zero attached hydrogens (tertiary/aromatic N) is 4. The maximum absolute atomic E-state index is 13.6. The van der Waals surface area contributed by atoms with Crippen molar-refractivity contribution in [1.82, 2.24) is 19.7 Å². The monoisotopic (exact) mass is 511 g/mol. The minimum Gasteiger partial charge on any atom is -0.322 e. The Morgan fingerprint density at radius 1 is 0.941 bits per heavy atom.